The zero-order valence-corrected chi connectivity index (χ0v) is 22.8. The molecule has 1 aliphatic carbocycles. The summed E-state index contributed by atoms with van der Waals surface area (Å²) in [4.78, 5) is 25.5. The molecule has 7 nitrogen and oxygen atoms in total. The maximum atomic E-state index is 13.2. The van der Waals surface area contributed by atoms with Gasteiger partial charge in [-0.15, -0.1) is 0 Å². The van der Waals surface area contributed by atoms with E-state index in [0.29, 0.717) is 30.1 Å². The average Bonchev–Trinajstić information content (AvgIpc) is 2.86. The van der Waals surface area contributed by atoms with Crippen LogP contribution in [0.4, 0.5) is 0 Å². The predicted molar refractivity (Wildman–Crippen MR) is 140 cm³/mol. The number of ether oxygens (including phenoxy) is 3. The normalized spacial score (nSPS) is 22.4. The fourth-order valence-electron chi connectivity index (χ4n) is 5.78. The first-order valence-electron chi connectivity index (χ1n) is 13.1. The van der Waals surface area contributed by atoms with E-state index in [2.05, 4.69) is 13.8 Å². The van der Waals surface area contributed by atoms with Gasteiger partial charge < -0.3 is 24.4 Å². The molecule has 1 aromatic rings. The summed E-state index contributed by atoms with van der Waals surface area (Å²) < 4.78 is 16.5. The lowest BCUT2D eigenvalue weighted by molar-refractivity contribution is -0.159. The Morgan fingerprint density at radius 3 is 2.03 bits per heavy atom. The number of rotatable bonds is 15. The largest absolute Gasteiger partial charge is 0.493 e. The molecule has 0 heterocycles. The van der Waals surface area contributed by atoms with Crippen LogP contribution in [0, 0.1) is 16.7 Å². The Morgan fingerprint density at radius 2 is 1.56 bits per heavy atom. The summed E-state index contributed by atoms with van der Waals surface area (Å²) in [6.45, 7) is 5.90. The second kappa shape index (κ2) is 13.0. The number of unbranched alkanes of at least 4 members (excludes halogenated alkanes) is 3. The van der Waals surface area contributed by atoms with E-state index < -0.39 is 22.8 Å². The molecular formula is C29H44O7. The number of benzene rings is 1. The molecule has 7 heteroatoms. The van der Waals surface area contributed by atoms with Crippen molar-refractivity contribution in [2.75, 3.05) is 21.3 Å². The van der Waals surface area contributed by atoms with Crippen molar-refractivity contribution < 1.29 is 34.0 Å². The van der Waals surface area contributed by atoms with Crippen LogP contribution in [0.3, 0.4) is 0 Å². The van der Waals surface area contributed by atoms with E-state index in [0.717, 1.165) is 56.1 Å². The zero-order chi connectivity index (χ0) is 26.9. The molecule has 1 aromatic carbocycles. The minimum absolute atomic E-state index is 0.0827. The average molecular weight is 505 g/mol. The Bertz CT molecular complexity index is 913. The van der Waals surface area contributed by atoms with Crippen LogP contribution in [0.1, 0.15) is 84.1 Å². The molecule has 202 valence electrons. The highest BCUT2D eigenvalue weighted by atomic mass is 16.5. The first kappa shape index (κ1) is 29.5. The third-order valence-electron chi connectivity index (χ3n) is 7.80. The lowest BCUT2D eigenvalue weighted by Crippen LogP contribution is -2.49. The third kappa shape index (κ3) is 6.16. The summed E-state index contributed by atoms with van der Waals surface area (Å²) in [5.41, 5.74) is -0.779. The van der Waals surface area contributed by atoms with E-state index in [1.807, 2.05) is 18.2 Å². The summed E-state index contributed by atoms with van der Waals surface area (Å²) in [6, 6.07) is 3.69. The van der Waals surface area contributed by atoms with Gasteiger partial charge in [-0.25, -0.2) is 0 Å². The molecule has 0 amide bonds. The van der Waals surface area contributed by atoms with Crippen molar-refractivity contribution in [1.29, 1.82) is 0 Å². The zero-order valence-electron chi connectivity index (χ0n) is 22.8. The Labute approximate surface area is 215 Å². The molecule has 1 aliphatic rings. The fourth-order valence-corrected chi connectivity index (χ4v) is 5.78. The van der Waals surface area contributed by atoms with Gasteiger partial charge in [0.25, 0.3) is 0 Å². The molecule has 0 radical (unpaired) electrons. The molecule has 36 heavy (non-hydrogen) atoms. The van der Waals surface area contributed by atoms with Gasteiger partial charge in [-0.2, -0.15) is 0 Å². The first-order valence-corrected chi connectivity index (χ1v) is 13.1. The molecule has 2 N–H and O–H groups in total. The van der Waals surface area contributed by atoms with E-state index in [9.17, 15) is 19.8 Å². The van der Waals surface area contributed by atoms with Crippen molar-refractivity contribution in [3.8, 4) is 17.2 Å². The Balaban J connectivity index is 2.63. The van der Waals surface area contributed by atoms with Gasteiger partial charge in [0.05, 0.1) is 32.2 Å². The number of aliphatic carboxylic acids is 2. The standard InChI is InChI=1S/C29H44O7/c1-7-9-10-11-13-21(12-8-2)29(27(32)33)19-28(3,26(30)31)15-14-22(29)16-20-17-23(34-4)25(36-6)24(18-20)35-5/h14,17-18,21H,7-13,15-16,19H2,1-6H3,(H,30,31)(H,32,33). The number of methoxy groups -OCH3 is 3. The predicted octanol–water partition coefficient (Wildman–Crippen LogP) is 6.52. The maximum absolute atomic E-state index is 13.2. The molecular weight excluding hydrogens is 460 g/mol. The Kier molecular flexibility index (Phi) is 10.7. The third-order valence-corrected chi connectivity index (χ3v) is 7.80. The molecule has 0 aliphatic heterocycles. The van der Waals surface area contributed by atoms with Crippen LogP contribution >= 0.6 is 0 Å². The summed E-state index contributed by atoms with van der Waals surface area (Å²) in [5, 5.41) is 20.9. The second-order valence-corrected chi connectivity index (χ2v) is 10.3. The van der Waals surface area contributed by atoms with E-state index in [4.69, 9.17) is 14.2 Å². The van der Waals surface area contributed by atoms with E-state index in [-0.39, 0.29) is 12.3 Å². The molecule has 3 atom stereocenters. The quantitative estimate of drug-likeness (QED) is 0.207. The fraction of sp³-hybridized carbons (Fsp3) is 0.655. The molecule has 0 aromatic heterocycles. The minimum Gasteiger partial charge on any atom is -0.493 e. The highest BCUT2D eigenvalue weighted by Gasteiger charge is 2.55. The van der Waals surface area contributed by atoms with E-state index in [1.54, 1.807) is 28.3 Å². The van der Waals surface area contributed by atoms with Crippen molar-refractivity contribution in [3.63, 3.8) is 0 Å². The number of allylic oxidation sites excluding steroid dienone is 1. The van der Waals surface area contributed by atoms with Gasteiger partial charge in [0, 0.05) is 0 Å². The van der Waals surface area contributed by atoms with Crippen LogP contribution in [-0.4, -0.2) is 43.5 Å². The lowest BCUT2D eigenvalue weighted by Gasteiger charge is -2.47. The number of carboxylic acid groups (broad SMARTS) is 2. The molecule has 2 rings (SSSR count). The van der Waals surface area contributed by atoms with Crippen molar-refractivity contribution in [3.05, 3.63) is 29.3 Å². The van der Waals surface area contributed by atoms with Crippen LogP contribution < -0.4 is 14.2 Å². The van der Waals surface area contributed by atoms with Gasteiger partial charge in [-0.1, -0.05) is 57.6 Å². The van der Waals surface area contributed by atoms with Gasteiger partial charge in [0.2, 0.25) is 5.75 Å². The van der Waals surface area contributed by atoms with E-state index in [1.165, 1.54) is 0 Å². The smallest absolute Gasteiger partial charge is 0.314 e. The topological polar surface area (TPSA) is 102 Å². The Morgan fingerprint density at radius 1 is 0.917 bits per heavy atom. The Hall–Kier alpha value is -2.70. The number of carbonyl (C=O) groups is 2. The molecule has 0 bridgehead atoms. The van der Waals surface area contributed by atoms with Crippen LogP contribution in [0.15, 0.2) is 23.8 Å². The van der Waals surface area contributed by atoms with Gasteiger partial charge in [0.15, 0.2) is 11.5 Å². The number of carboxylic acids is 2. The van der Waals surface area contributed by atoms with Crippen molar-refractivity contribution in [2.24, 2.45) is 16.7 Å². The van der Waals surface area contributed by atoms with E-state index >= 15 is 0 Å². The second-order valence-electron chi connectivity index (χ2n) is 10.3. The summed E-state index contributed by atoms with van der Waals surface area (Å²) in [5.74, 6) is -0.540. The monoisotopic (exact) mass is 504 g/mol. The number of hydrogen-bond acceptors (Lipinski definition) is 5. The van der Waals surface area contributed by atoms with Crippen LogP contribution in [-0.2, 0) is 16.0 Å². The molecule has 0 fully saturated rings. The summed E-state index contributed by atoms with van der Waals surface area (Å²) in [6.07, 6.45) is 9.18. The summed E-state index contributed by atoms with van der Waals surface area (Å²) >= 11 is 0. The van der Waals surface area contributed by atoms with Gasteiger partial charge in [0.1, 0.15) is 0 Å². The van der Waals surface area contributed by atoms with Gasteiger partial charge >= 0.3 is 11.9 Å². The van der Waals surface area contributed by atoms with Gasteiger partial charge in [-0.3, -0.25) is 9.59 Å². The lowest BCUT2D eigenvalue weighted by atomic mass is 9.55. The number of hydrogen-bond donors (Lipinski definition) is 2. The van der Waals surface area contributed by atoms with Gasteiger partial charge in [-0.05, 0) is 62.6 Å². The highest BCUT2D eigenvalue weighted by molar-refractivity contribution is 5.83. The minimum atomic E-state index is -1.26. The molecule has 0 spiro atoms. The van der Waals surface area contributed by atoms with Crippen LogP contribution in [0.25, 0.3) is 0 Å². The van der Waals surface area contributed by atoms with Crippen molar-refractivity contribution >= 4 is 11.9 Å². The van der Waals surface area contributed by atoms with Crippen LogP contribution in [0.2, 0.25) is 0 Å². The molecule has 3 unspecified atom stereocenters. The maximum Gasteiger partial charge on any atom is 0.314 e. The molecule has 0 saturated heterocycles. The summed E-state index contributed by atoms with van der Waals surface area (Å²) in [7, 11) is 4.64. The van der Waals surface area contributed by atoms with Crippen molar-refractivity contribution in [1.82, 2.24) is 0 Å². The SMILES string of the molecule is CCCCCCC(CCC)C1(C(=O)O)CC(C)(C(=O)O)CC=C1Cc1cc(OC)c(OC)c(OC)c1. The van der Waals surface area contributed by atoms with Crippen molar-refractivity contribution in [2.45, 2.75) is 85.0 Å². The highest BCUT2D eigenvalue weighted by Crippen LogP contribution is 2.55. The first-order chi connectivity index (χ1) is 17.1. The van der Waals surface area contributed by atoms with Crippen LogP contribution in [0.5, 0.6) is 17.2 Å². The molecule has 0 saturated carbocycles.